The molecule has 0 saturated heterocycles. The SMILES string of the molecule is CCc1ccc(-c2nc(CCCN)no2)cc1. The Labute approximate surface area is 101 Å². The number of rotatable bonds is 5. The van der Waals surface area contributed by atoms with Crippen LogP contribution in [0.15, 0.2) is 28.8 Å². The Balaban J connectivity index is 2.12. The van der Waals surface area contributed by atoms with Crippen LogP contribution < -0.4 is 5.73 Å². The van der Waals surface area contributed by atoms with Crippen molar-refractivity contribution in [3.8, 4) is 11.5 Å². The molecule has 0 bridgehead atoms. The number of hydrogen-bond donors (Lipinski definition) is 1. The second-order valence-corrected chi connectivity index (χ2v) is 3.96. The quantitative estimate of drug-likeness (QED) is 0.856. The predicted molar refractivity (Wildman–Crippen MR) is 66.5 cm³/mol. The van der Waals surface area contributed by atoms with Crippen molar-refractivity contribution < 1.29 is 4.52 Å². The molecule has 2 rings (SSSR count). The van der Waals surface area contributed by atoms with Crippen LogP contribution in [0.3, 0.4) is 0 Å². The number of aromatic nitrogens is 2. The highest BCUT2D eigenvalue weighted by Crippen LogP contribution is 2.18. The molecule has 17 heavy (non-hydrogen) atoms. The molecule has 0 aliphatic heterocycles. The van der Waals surface area contributed by atoms with Crippen LogP contribution in [0.25, 0.3) is 11.5 Å². The number of nitrogens with zero attached hydrogens (tertiary/aromatic N) is 2. The summed E-state index contributed by atoms with van der Waals surface area (Å²) in [6.07, 6.45) is 2.69. The van der Waals surface area contributed by atoms with Gasteiger partial charge in [0.15, 0.2) is 5.82 Å². The fraction of sp³-hybridized carbons (Fsp3) is 0.385. The highest BCUT2D eigenvalue weighted by molar-refractivity contribution is 5.53. The van der Waals surface area contributed by atoms with Crippen molar-refractivity contribution >= 4 is 0 Å². The monoisotopic (exact) mass is 231 g/mol. The van der Waals surface area contributed by atoms with Crippen molar-refractivity contribution in [2.75, 3.05) is 6.54 Å². The normalized spacial score (nSPS) is 10.7. The van der Waals surface area contributed by atoms with E-state index in [1.54, 1.807) is 0 Å². The molecule has 0 saturated carbocycles. The first-order valence-electron chi connectivity index (χ1n) is 5.95. The van der Waals surface area contributed by atoms with Gasteiger partial charge in [0.05, 0.1) is 0 Å². The maximum Gasteiger partial charge on any atom is 0.257 e. The average molecular weight is 231 g/mol. The Morgan fingerprint density at radius 3 is 2.65 bits per heavy atom. The van der Waals surface area contributed by atoms with E-state index in [4.69, 9.17) is 10.3 Å². The molecule has 2 aromatic rings. The van der Waals surface area contributed by atoms with Crippen LogP contribution in [0.2, 0.25) is 0 Å². The first-order chi connectivity index (χ1) is 8.33. The Bertz CT molecular complexity index is 462. The Morgan fingerprint density at radius 1 is 1.24 bits per heavy atom. The maximum absolute atomic E-state index is 5.44. The van der Waals surface area contributed by atoms with Gasteiger partial charge >= 0.3 is 0 Å². The van der Waals surface area contributed by atoms with Crippen LogP contribution in [0.4, 0.5) is 0 Å². The van der Waals surface area contributed by atoms with Crippen molar-refractivity contribution in [3.63, 3.8) is 0 Å². The van der Waals surface area contributed by atoms with E-state index in [1.807, 2.05) is 12.1 Å². The van der Waals surface area contributed by atoms with Gasteiger partial charge in [-0.05, 0) is 37.1 Å². The molecular weight excluding hydrogens is 214 g/mol. The summed E-state index contributed by atoms with van der Waals surface area (Å²) in [6.45, 7) is 2.78. The second-order valence-electron chi connectivity index (χ2n) is 3.96. The largest absolute Gasteiger partial charge is 0.334 e. The number of nitrogens with two attached hydrogens (primary N) is 1. The summed E-state index contributed by atoms with van der Waals surface area (Å²) in [5, 5.41) is 3.93. The number of aryl methyl sites for hydroxylation is 2. The van der Waals surface area contributed by atoms with Crippen LogP contribution in [0, 0.1) is 0 Å². The third kappa shape index (κ3) is 2.91. The Kier molecular flexibility index (Phi) is 3.88. The maximum atomic E-state index is 5.44. The van der Waals surface area contributed by atoms with Crippen LogP contribution in [-0.4, -0.2) is 16.7 Å². The summed E-state index contributed by atoms with van der Waals surface area (Å²) >= 11 is 0. The van der Waals surface area contributed by atoms with Gasteiger partial charge in [0.2, 0.25) is 0 Å². The van der Waals surface area contributed by atoms with Crippen molar-refractivity contribution in [3.05, 3.63) is 35.7 Å². The van der Waals surface area contributed by atoms with Crippen LogP contribution in [-0.2, 0) is 12.8 Å². The fourth-order valence-electron chi connectivity index (χ4n) is 1.62. The molecule has 1 aromatic heterocycles. The van der Waals surface area contributed by atoms with E-state index in [0.717, 1.165) is 30.7 Å². The van der Waals surface area contributed by atoms with Gasteiger partial charge in [0, 0.05) is 12.0 Å². The van der Waals surface area contributed by atoms with Gasteiger partial charge in [-0.3, -0.25) is 0 Å². The van der Waals surface area contributed by atoms with Gasteiger partial charge in [-0.2, -0.15) is 4.98 Å². The molecule has 0 aliphatic carbocycles. The number of benzene rings is 1. The molecule has 4 heteroatoms. The zero-order valence-electron chi connectivity index (χ0n) is 10.0. The fourth-order valence-corrected chi connectivity index (χ4v) is 1.62. The van der Waals surface area contributed by atoms with E-state index in [0.29, 0.717) is 12.4 Å². The minimum absolute atomic E-state index is 0.583. The van der Waals surface area contributed by atoms with E-state index in [2.05, 4.69) is 29.2 Å². The summed E-state index contributed by atoms with van der Waals surface area (Å²) in [6, 6.07) is 8.19. The summed E-state index contributed by atoms with van der Waals surface area (Å²) < 4.78 is 5.22. The molecule has 0 unspecified atom stereocenters. The molecule has 0 atom stereocenters. The van der Waals surface area contributed by atoms with Crippen LogP contribution >= 0.6 is 0 Å². The lowest BCUT2D eigenvalue weighted by Crippen LogP contribution is -2.01. The van der Waals surface area contributed by atoms with Gasteiger partial charge in [0.25, 0.3) is 5.89 Å². The number of hydrogen-bond acceptors (Lipinski definition) is 4. The van der Waals surface area contributed by atoms with Crippen LogP contribution in [0.1, 0.15) is 24.7 Å². The Hall–Kier alpha value is -1.68. The van der Waals surface area contributed by atoms with Gasteiger partial charge in [-0.1, -0.05) is 24.2 Å². The minimum Gasteiger partial charge on any atom is -0.334 e. The van der Waals surface area contributed by atoms with Crippen molar-refractivity contribution in [2.24, 2.45) is 5.73 Å². The summed E-state index contributed by atoms with van der Waals surface area (Å²) in [4.78, 5) is 4.34. The minimum atomic E-state index is 0.583. The molecule has 0 amide bonds. The highest BCUT2D eigenvalue weighted by Gasteiger charge is 2.07. The van der Waals surface area contributed by atoms with Crippen LogP contribution in [0.5, 0.6) is 0 Å². The molecule has 1 aromatic carbocycles. The van der Waals surface area contributed by atoms with Gasteiger partial charge in [-0.25, -0.2) is 0 Å². The first-order valence-corrected chi connectivity index (χ1v) is 5.95. The molecular formula is C13H17N3O. The molecule has 0 fully saturated rings. The standard InChI is InChI=1S/C13H17N3O/c1-2-10-5-7-11(8-6-10)13-15-12(16-17-13)4-3-9-14/h5-8H,2-4,9,14H2,1H3. The van der Waals surface area contributed by atoms with Gasteiger partial charge < -0.3 is 10.3 Å². The van der Waals surface area contributed by atoms with Crippen molar-refractivity contribution in [1.29, 1.82) is 0 Å². The third-order valence-electron chi connectivity index (χ3n) is 2.68. The lowest BCUT2D eigenvalue weighted by Gasteiger charge is -1.97. The summed E-state index contributed by atoms with van der Waals surface area (Å²) in [5.74, 6) is 1.31. The lowest BCUT2D eigenvalue weighted by molar-refractivity contribution is 0.422. The molecule has 4 nitrogen and oxygen atoms in total. The lowest BCUT2D eigenvalue weighted by atomic mass is 10.1. The van der Waals surface area contributed by atoms with E-state index < -0.39 is 0 Å². The molecule has 0 aliphatic rings. The zero-order chi connectivity index (χ0) is 12.1. The van der Waals surface area contributed by atoms with E-state index in [1.165, 1.54) is 5.56 Å². The highest BCUT2D eigenvalue weighted by atomic mass is 16.5. The van der Waals surface area contributed by atoms with Gasteiger partial charge in [0.1, 0.15) is 0 Å². The molecule has 1 heterocycles. The van der Waals surface area contributed by atoms with Crippen molar-refractivity contribution in [1.82, 2.24) is 10.1 Å². The van der Waals surface area contributed by atoms with Gasteiger partial charge in [-0.15, -0.1) is 0 Å². The smallest absolute Gasteiger partial charge is 0.257 e. The van der Waals surface area contributed by atoms with Crippen molar-refractivity contribution in [2.45, 2.75) is 26.2 Å². The topological polar surface area (TPSA) is 64.9 Å². The Morgan fingerprint density at radius 2 is 2.00 bits per heavy atom. The molecule has 0 spiro atoms. The second kappa shape index (κ2) is 5.59. The zero-order valence-corrected chi connectivity index (χ0v) is 10.0. The molecule has 2 N–H and O–H groups in total. The average Bonchev–Trinajstić information content (AvgIpc) is 2.85. The van der Waals surface area contributed by atoms with E-state index >= 15 is 0 Å². The molecule has 90 valence electrons. The first kappa shape index (κ1) is 11.8. The predicted octanol–water partition coefficient (Wildman–Crippen LogP) is 2.19. The van der Waals surface area contributed by atoms with E-state index in [9.17, 15) is 0 Å². The molecule has 0 radical (unpaired) electrons. The summed E-state index contributed by atoms with van der Waals surface area (Å²) in [7, 11) is 0. The van der Waals surface area contributed by atoms with E-state index in [-0.39, 0.29) is 0 Å². The summed E-state index contributed by atoms with van der Waals surface area (Å²) in [5.41, 5.74) is 7.71. The third-order valence-corrected chi connectivity index (χ3v) is 2.68.